The Balaban J connectivity index is 1.06. The van der Waals surface area contributed by atoms with Crippen molar-refractivity contribution in [3.05, 3.63) is 207 Å². The van der Waals surface area contributed by atoms with Gasteiger partial charge in [0.05, 0.1) is 17.0 Å². The minimum absolute atomic E-state index is 0.00150. The van der Waals surface area contributed by atoms with Crippen LogP contribution in [-0.4, -0.2) is 12.8 Å². The van der Waals surface area contributed by atoms with E-state index < -0.39 is 0 Å². The molecule has 6 heteroatoms. The van der Waals surface area contributed by atoms with Crippen molar-refractivity contribution in [1.29, 1.82) is 0 Å². The quantitative estimate of drug-likeness (QED) is 0.117. The first-order valence-corrected chi connectivity index (χ1v) is 35.0. The summed E-state index contributed by atoms with van der Waals surface area (Å²) in [5.74, 6) is 2.63. The number of para-hydroxylation sites is 2. The zero-order valence-corrected chi connectivity index (χ0v) is 57.9. The third kappa shape index (κ3) is 9.09. The molecule has 10 aliphatic rings. The molecule has 5 aromatic carbocycles. The second-order valence-corrected chi connectivity index (χ2v) is 35.5. The Hall–Kier alpha value is -6.92. The Labute approximate surface area is 545 Å². The van der Waals surface area contributed by atoms with Crippen molar-refractivity contribution in [3.8, 4) is 5.75 Å². The summed E-state index contributed by atoms with van der Waals surface area (Å²) < 4.78 is 15.1. The van der Waals surface area contributed by atoms with Crippen LogP contribution in [0.5, 0.6) is 5.75 Å². The summed E-state index contributed by atoms with van der Waals surface area (Å²) >= 11 is 0. The van der Waals surface area contributed by atoms with Crippen LogP contribution in [0.15, 0.2) is 172 Å². The standard InChI is InChI=1S/C85H98BN3O2/c1-77(2)33-34-78(3,4)52(51-77)43-67-75(85(17)41-42-85)89(55-29-32-62-64(45-55)82(11,12)38-36-80(62,7)8)69-47-57(87(53-23-19-18-20-24-53)56-27-30-59-58-25-21-22-26-70(58)90-71(59)48-56)46-68-73(69)86(67)76-74(60-49-65-66(50-72(60)91-76)84(15,16)40-39-83(65,13)14)88(68)54-28-31-61-63(44-54)81(9,10)37-35-79(61,5)6/h18-32,41-49,59,66,71H,33-40,50-51H2,1-17H3/b52-43+. The van der Waals surface area contributed by atoms with Crippen LogP contribution in [0.4, 0.5) is 39.8 Å². The van der Waals surface area contributed by atoms with Crippen LogP contribution >= 0.6 is 0 Å². The number of fused-ring (bicyclic) bond motifs is 10. The topological polar surface area (TPSA) is 32.1 Å². The number of allylic oxidation sites excluding steroid dienone is 6. The average molecular weight is 1200 g/mol. The van der Waals surface area contributed by atoms with Crippen LogP contribution in [0.3, 0.4) is 0 Å². The maximum absolute atomic E-state index is 8.16. The number of benzene rings is 5. The van der Waals surface area contributed by atoms with Gasteiger partial charge >= 0.3 is 0 Å². The van der Waals surface area contributed by atoms with E-state index in [9.17, 15) is 0 Å². The van der Waals surface area contributed by atoms with Crippen LogP contribution in [-0.2, 0) is 28.1 Å². The first-order chi connectivity index (χ1) is 42.9. The molecule has 3 atom stereocenters. The van der Waals surface area contributed by atoms with Crippen molar-refractivity contribution in [2.45, 2.75) is 216 Å². The van der Waals surface area contributed by atoms with Crippen molar-refractivity contribution in [3.63, 3.8) is 0 Å². The van der Waals surface area contributed by atoms with Crippen LogP contribution < -0.4 is 30.6 Å². The highest BCUT2D eigenvalue weighted by Crippen LogP contribution is 2.62. The molecule has 5 nitrogen and oxygen atoms in total. The van der Waals surface area contributed by atoms with Crippen molar-refractivity contribution in [1.82, 2.24) is 0 Å². The third-order valence-corrected chi connectivity index (χ3v) is 25.3. The molecule has 2 fully saturated rings. The molecule has 0 radical (unpaired) electrons. The molecule has 3 aliphatic heterocycles. The van der Waals surface area contributed by atoms with Gasteiger partial charge in [-0.3, -0.25) is 0 Å². The molecule has 16 rings (SSSR count). The van der Waals surface area contributed by atoms with E-state index in [4.69, 9.17) is 9.15 Å². The normalized spacial score (nSPS) is 26.4. The monoisotopic (exact) mass is 1200 g/mol. The molecule has 3 unspecified atom stereocenters. The molecule has 468 valence electrons. The second kappa shape index (κ2) is 19.4. The molecule has 6 aromatic rings. The average Bonchev–Trinajstić information content (AvgIpc) is 1.64. The molecular formula is C85H98BN3O2. The van der Waals surface area contributed by atoms with Gasteiger partial charge in [-0.1, -0.05) is 195 Å². The largest absolute Gasteiger partial charge is 0.485 e. The van der Waals surface area contributed by atoms with Gasteiger partial charge in [-0.2, -0.15) is 0 Å². The molecule has 0 N–H and O–H groups in total. The van der Waals surface area contributed by atoms with E-state index in [2.05, 4.69) is 278 Å². The van der Waals surface area contributed by atoms with Crippen LogP contribution in [0.25, 0.3) is 6.08 Å². The number of hydrogen-bond donors (Lipinski definition) is 0. The Kier molecular flexibility index (Phi) is 12.6. The number of hydrogen-bond acceptors (Lipinski definition) is 5. The van der Waals surface area contributed by atoms with Crippen molar-refractivity contribution in [2.75, 3.05) is 14.7 Å². The summed E-state index contributed by atoms with van der Waals surface area (Å²) in [6.07, 6.45) is 28.7. The van der Waals surface area contributed by atoms with Gasteiger partial charge < -0.3 is 23.9 Å². The zero-order chi connectivity index (χ0) is 63.7. The van der Waals surface area contributed by atoms with Gasteiger partial charge in [0.2, 0.25) is 0 Å². The molecule has 2 saturated carbocycles. The first-order valence-electron chi connectivity index (χ1n) is 35.0. The lowest BCUT2D eigenvalue weighted by molar-refractivity contribution is 0.119. The molecule has 91 heavy (non-hydrogen) atoms. The van der Waals surface area contributed by atoms with Crippen LogP contribution in [0.1, 0.15) is 221 Å². The van der Waals surface area contributed by atoms with Gasteiger partial charge in [0.1, 0.15) is 17.6 Å². The Morgan fingerprint density at radius 3 is 1.80 bits per heavy atom. The second-order valence-electron chi connectivity index (χ2n) is 35.5. The van der Waals surface area contributed by atoms with E-state index in [0.29, 0.717) is 5.92 Å². The SMILES string of the molecule is CC1(C)CCC(C)(C)/C(=C/C2=C(C3(C)C=C3)N(c3ccc4c(c3)C(C)(C)CCC4(C)C)c3cc(N(C4=CC5Oc6ccccc6C5C=C4)c4ccccc4)cc4c3B2c2oc3c(c2N4c2ccc4c(c2)C(C)(C)CCC4(C)C)C=C2C(C3)C(C)(C)CCC2(C)C)C1. The van der Waals surface area contributed by atoms with E-state index in [-0.39, 0.29) is 67.5 Å². The minimum Gasteiger partial charge on any atom is -0.485 e. The number of nitrogens with zero attached hydrogens (tertiary/aromatic N) is 3. The van der Waals surface area contributed by atoms with Gasteiger partial charge in [0, 0.05) is 68.7 Å². The highest BCUT2D eigenvalue weighted by Gasteiger charge is 2.55. The Morgan fingerprint density at radius 2 is 1.15 bits per heavy atom. The first kappa shape index (κ1) is 59.1. The number of ether oxygens (including phenoxy) is 1. The van der Waals surface area contributed by atoms with Gasteiger partial charge in [-0.05, 0) is 220 Å². The summed E-state index contributed by atoms with van der Waals surface area (Å²) in [5.41, 5.74) is 26.1. The Morgan fingerprint density at radius 1 is 0.571 bits per heavy atom. The third-order valence-electron chi connectivity index (χ3n) is 25.3. The van der Waals surface area contributed by atoms with Gasteiger partial charge in [0.25, 0.3) is 6.71 Å². The van der Waals surface area contributed by atoms with Gasteiger partial charge in [0.15, 0.2) is 0 Å². The molecule has 1 aromatic heterocycles. The van der Waals surface area contributed by atoms with Crippen molar-refractivity contribution in [2.24, 2.45) is 33.0 Å². The summed E-state index contributed by atoms with van der Waals surface area (Å²) in [5, 5.41) is 0. The summed E-state index contributed by atoms with van der Waals surface area (Å²) in [6.45, 7) is 42.3. The van der Waals surface area contributed by atoms with E-state index in [1.807, 2.05) is 0 Å². The summed E-state index contributed by atoms with van der Waals surface area (Å²) in [7, 11) is 0. The van der Waals surface area contributed by atoms with E-state index in [0.717, 1.165) is 79.2 Å². The van der Waals surface area contributed by atoms with Crippen LogP contribution in [0, 0.1) is 33.0 Å². The van der Waals surface area contributed by atoms with Crippen molar-refractivity contribution >= 4 is 63.7 Å². The van der Waals surface area contributed by atoms with E-state index >= 15 is 0 Å². The maximum Gasteiger partial charge on any atom is 0.296 e. The zero-order valence-electron chi connectivity index (χ0n) is 57.9. The molecule has 0 spiro atoms. The molecule has 0 saturated heterocycles. The highest BCUT2D eigenvalue weighted by molar-refractivity contribution is 6.95. The fraction of sp³-hybridized carbons (Fsp3) is 0.459. The fourth-order valence-corrected chi connectivity index (χ4v) is 18.7. The van der Waals surface area contributed by atoms with Crippen LogP contribution in [0.2, 0.25) is 0 Å². The summed E-state index contributed by atoms with van der Waals surface area (Å²) in [6, 6.07) is 40.3. The molecule has 7 aliphatic carbocycles. The smallest absolute Gasteiger partial charge is 0.296 e. The fourth-order valence-electron chi connectivity index (χ4n) is 18.7. The molecular weight excluding hydrogens is 1110 g/mol. The van der Waals surface area contributed by atoms with E-state index in [1.54, 1.807) is 11.1 Å². The number of rotatable bonds is 7. The molecule has 0 bridgehead atoms. The number of furan rings is 1. The van der Waals surface area contributed by atoms with Gasteiger partial charge in [-0.25, -0.2) is 0 Å². The number of anilines is 7. The lowest BCUT2D eigenvalue weighted by atomic mass is 9.34. The Bertz CT molecular complexity index is 4280. The highest BCUT2D eigenvalue weighted by atomic mass is 16.5. The van der Waals surface area contributed by atoms with Crippen molar-refractivity contribution < 1.29 is 9.15 Å². The van der Waals surface area contributed by atoms with E-state index in [1.165, 1.54) is 97.7 Å². The summed E-state index contributed by atoms with van der Waals surface area (Å²) in [4.78, 5) is 8.07. The minimum atomic E-state index is -0.345. The predicted octanol–water partition coefficient (Wildman–Crippen LogP) is 21.6. The van der Waals surface area contributed by atoms with Gasteiger partial charge in [-0.15, -0.1) is 0 Å². The predicted molar refractivity (Wildman–Crippen MR) is 383 cm³/mol. The molecule has 4 heterocycles. The lowest BCUT2D eigenvalue weighted by Crippen LogP contribution is -2.56. The maximum atomic E-state index is 8.16. The molecule has 0 amide bonds. The lowest BCUT2D eigenvalue weighted by Gasteiger charge is -2.50.